The quantitative estimate of drug-likeness (QED) is 0.429. The highest BCUT2D eigenvalue weighted by Crippen LogP contribution is 2.34. The summed E-state index contributed by atoms with van der Waals surface area (Å²) in [4.78, 5) is 29.3. The Morgan fingerprint density at radius 1 is 1.05 bits per heavy atom. The molecule has 0 spiro atoms. The summed E-state index contributed by atoms with van der Waals surface area (Å²) in [6, 6.07) is 15.4. The first-order valence-corrected chi connectivity index (χ1v) is 16.3. The Morgan fingerprint density at radius 3 is 2.42 bits per heavy atom. The van der Waals surface area contributed by atoms with E-state index >= 15 is 0 Å². The average Bonchev–Trinajstić information content (AvgIpc) is 3.27. The molecule has 2 aromatic rings. The van der Waals surface area contributed by atoms with Gasteiger partial charge in [-0.05, 0) is 86.7 Å². The lowest BCUT2D eigenvalue weighted by Crippen LogP contribution is -2.52. The summed E-state index contributed by atoms with van der Waals surface area (Å²) in [6.45, 7) is 5.71. The van der Waals surface area contributed by atoms with Crippen LogP contribution in [-0.2, 0) is 14.6 Å². The molecule has 1 aliphatic heterocycles. The third-order valence-electron chi connectivity index (χ3n) is 7.59. The van der Waals surface area contributed by atoms with Crippen molar-refractivity contribution in [1.82, 2.24) is 15.5 Å². The third-order valence-corrected chi connectivity index (χ3v) is 10.2. The fraction of sp³-hybridized carbons (Fsp3) is 0.517. The smallest absolute Gasteiger partial charge is 0.251 e. The molecular formula is C29H39N3O4S2. The summed E-state index contributed by atoms with van der Waals surface area (Å²) in [5.41, 5.74) is 0.520. The van der Waals surface area contributed by atoms with Crippen LogP contribution in [0.1, 0.15) is 49.9 Å². The second-order valence-corrected chi connectivity index (χ2v) is 13.7. The minimum Gasteiger partial charge on any atom is -0.340 e. The van der Waals surface area contributed by atoms with Crippen molar-refractivity contribution in [2.45, 2.75) is 67.4 Å². The lowest BCUT2D eigenvalue weighted by molar-refractivity contribution is -0.132. The van der Waals surface area contributed by atoms with Crippen molar-refractivity contribution in [3.05, 3.63) is 60.2 Å². The molecule has 2 aliphatic rings. The van der Waals surface area contributed by atoms with E-state index < -0.39 is 15.9 Å². The standard InChI is InChI=1S/C29H39N3O4S2/c1-20(2)18-30-23-9-14-27(22(17-23)19-38(35,36)25-12-10-24(37-3)11-13-25)32-16-15-26(29(32)34)31-28(33)21-7-5-4-6-8-21/h4-8,10-13,20,22-23,26-27,30H,9,14-19H2,1-3H3,(H,31,33)/t22-,23+,26-,27-/m0/s1. The number of carbonyl (C=O) groups excluding carboxylic acids is 2. The molecule has 4 rings (SSSR count). The largest absolute Gasteiger partial charge is 0.340 e. The number of thioether (sulfide) groups is 1. The van der Waals surface area contributed by atoms with E-state index in [-0.39, 0.29) is 35.6 Å². The van der Waals surface area contributed by atoms with Crippen LogP contribution in [0.5, 0.6) is 0 Å². The zero-order valence-corrected chi connectivity index (χ0v) is 24.1. The average molecular weight is 558 g/mol. The SMILES string of the molecule is CSc1ccc(S(=O)(=O)C[C@@H]2C[C@H](NCC(C)C)CC[C@@H]2N2CC[C@H](NC(=O)c3ccccc3)C2=O)cc1. The molecule has 1 saturated heterocycles. The number of nitrogens with one attached hydrogen (secondary N) is 2. The first-order chi connectivity index (χ1) is 18.2. The molecule has 1 saturated carbocycles. The molecular weight excluding hydrogens is 518 g/mol. The van der Waals surface area contributed by atoms with Crippen molar-refractivity contribution in [2.75, 3.05) is 25.1 Å². The van der Waals surface area contributed by atoms with Gasteiger partial charge in [0.1, 0.15) is 6.04 Å². The number of sulfone groups is 1. The molecule has 7 nitrogen and oxygen atoms in total. The van der Waals surface area contributed by atoms with Gasteiger partial charge in [0.05, 0.1) is 10.6 Å². The number of rotatable bonds is 10. The van der Waals surface area contributed by atoms with E-state index in [9.17, 15) is 18.0 Å². The predicted molar refractivity (Wildman–Crippen MR) is 152 cm³/mol. The van der Waals surface area contributed by atoms with Gasteiger partial charge in [-0.3, -0.25) is 9.59 Å². The molecule has 9 heteroatoms. The monoisotopic (exact) mass is 557 g/mol. The van der Waals surface area contributed by atoms with Gasteiger partial charge in [0, 0.05) is 29.1 Å². The van der Waals surface area contributed by atoms with Crippen molar-refractivity contribution in [1.29, 1.82) is 0 Å². The van der Waals surface area contributed by atoms with E-state index in [0.717, 1.165) is 24.3 Å². The van der Waals surface area contributed by atoms with Gasteiger partial charge in [0.25, 0.3) is 5.91 Å². The number of carbonyl (C=O) groups is 2. The van der Waals surface area contributed by atoms with E-state index in [4.69, 9.17) is 0 Å². The summed E-state index contributed by atoms with van der Waals surface area (Å²) in [6.07, 6.45) is 4.82. The highest BCUT2D eigenvalue weighted by atomic mass is 32.2. The Hall–Kier alpha value is -2.36. The first-order valence-electron chi connectivity index (χ1n) is 13.4. The van der Waals surface area contributed by atoms with Crippen molar-refractivity contribution in [3.8, 4) is 0 Å². The highest BCUT2D eigenvalue weighted by molar-refractivity contribution is 7.98. The molecule has 2 fully saturated rings. The molecule has 1 heterocycles. The number of benzene rings is 2. The maximum absolute atomic E-state index is 13.5. The normalized spacial score (nSPS) is 24.1. The predicted octanol–water partition coefficient (Wildman–Crippen LogP) is 4.00. The molecule has 206 valence electrons. The van der Waals surface area contributed by atoms with Crippen LogP contribution in [0, 0.1) is 11.8 Å². The van der Waals surface area contributed by atoms with Crippen molar-refractivity contribution in [3.63, 3.8) is 0 Å². The number of hydrogen-bond donors (Lipinski definition) is 2. The van der Waals surface area contributed by atoms with Gasteiger partial charge in [-0.25, -0.2) is 8.42 Å². The van der Waals surface area contributed by atoms with Crippen LogP contribution in [-0.4, -0.2) is 68.4 Å². The zero-order valence-electron chi connectivity index (χ0n) is 22.4. The minimum absolute atomic E-state index is 0.000953. The second kappa shape index (κ2) is 12.7. The van der Waals surface area contributed by atoms with Gasteiger partial charge in [0.2, 0.25) is 5.91 Å². The van der Waals surface area contributed by atoms with Gasteiger partial charge < -0.3 is 15.5 Å². The maximum atomic E-state index is 13.5. The van der Waals surface area contributed by atoms with Crippen molar-refractivity contribution >= 4 is 33.4 Å². The fourth-order valence-corrected chi connectivity index (χ4v) is 7.66. The summed E-state index contributed by atoms with van der Waals surface area (Å²) >= 11 is 1.57. The van der Waals surface area contributed by atoms with Crippen LogP contribution in [0.2, 0.25) is 0 Å². The molecule has 2 aromatic carbocycles. The van der Waals surface area contributed by atoms with Crippen molar-refractivity contribution in [2.24, 2.45) is 11.8 Å². The van der Waals surface area contributed by atoms with Crippen LogP contribution in [0.15, 0.2) is 64.4 Å². The Kier molecular flexibility index (Phi) is 9.54. The van der Waals surface area contributed by atoms with Gasteiger partial charge in [0.15, 0.2) is 9.84 Å². The van der Waals surface area contributed by atoms with Crippen LogP contribution in [0.4, 0.5) is 0 Å². The summed E-state index contributed by atoms with van der Waals surface area (Å²) in [7, 11) is -3.53. The van der Waals surface area contributed by atoms with Gasteiger partial charge in [-0.1, -0.05) is 32.0 Å². The zero-order chi connectivity index (χ0) is 27.3. The molecule has 2 N–H and O–H groups in total. The summed E-state index contributed by atoms with van der Waals surface area (Å²) in [5.74, 6) is -0.0639. The minimum atomic E-state index is -3.53. The summed E-state index contributed by atoms with van der Waals surface area (Å²) < 4.78 is 27.0. The lowest BCUT2D eigenvalue weighted by atomic mass is 9.81. The molecule has 0 unspecified atom stereocenters. The molecule has 2 amide bonds. The molecule has 1 aliphatic carbocycles. The highest BCUT2D eigenvalue weighted by Gasteiger charge is 2.43. The Bertz CT molecular complexity index is 1200. The van der Waals surface area contributed by atoms with Crippen LogP contribution < -0.4 is 10.6 Å². The second-order valence-electron chi connectivity index (χ2n) is 10.8. The molecule has 0 aromatic heterocycles. The van der Waals surface area contributed by atoms with Gasteiger partial charge in [-0.2, -0.15) is 0 Å². The third kappa shape index (κ3) is 6.98. The van der Waals surface area contributed by atoms with E-state index in [1.165, 1.54) is 0 Å². The van der Waals surface area contributed by atoms with E-state index in [2.05, 4.69) is 24.5 Å². The van der Waals surface area contributed by atoms with Crippen LogP contribution in [0.25, 0.3) is 0 Å². The van der Waals surface area contributed by atoms with Gasteiger partial charge >= 0.3 is 0 Å². The molecule has 38 heavy (non-hydrogen) atoms. The Balaban J connectivity index is 1.50. The topological polar surface area (TPSA) is 95.6 Å². The molecule has 4 atom stereocenters. The Labute approximate surface area is 231 Å². The number of amides is 2. The summed E-state index contributed by atoms with van der Waals surface area (Å²) in [5, 5.41) is 6.50. The fourth-order valence-electron chi connectivity index (χ4n) is 5.58. The molecule has 0 radical (unpaired) electrons. The Morgan fingerprint density at radius 2 is 1.76 bits per heavy atom. The number of likely N-dealkylation sites (tertiary alicyclic amines) is 1. The number of nitrogens with zero attached hydrogens (tertiary/aromatic N) is 1. The lowest BCUT2D eigenvalue weighted by Gasteiger charge is -2.41. The van der Waals surface area contributed by atoms with E-state index in [1.54, 1.807) is 48.2 Å². The van der Waals surface area contributed by atoms with Crippen molar-refractivity contribution < 1.29 is 18.0 Å². The van der Waals surface area contributed by atoms with Gasteiger partial charge in [-0.15, -0.1) is 11.8 Å². The van der Waals surface area contributed by atoms with E-state index in [1.807, 2.05) is 29.4 Å². The molecule has 0 bridgehead atoms. The number of hydrogen-bond acceptors (Lipinski definition) is 6. The first kappa shape index (κ1) is 28.6. The van der Waals surface area contributed by atoms with E-state index in [0.29, 0.717) is 35.8 Å². The maximum Gasteiger partial charge on any atom is 0.251 e. The van der Waals surface area contributed by atoms with Crippen LogP contribution >= 0.6 is 11.8 Å². The van der Waals surface area contributed by atoms with Crippen LogP contribution in [0.3, 0.4) is 0 Å².